The van der Waals surface area contributed by atoms with Crippen molar-refractivity contribution < 1.29 is 9.90 Å². The molecule has 0 fully saturated rings. The maximum absolute atomic E-state index is 12.7. The lowest BCUT2D eigenvalue weighted by Crippen LogP contribution is -2.22. The summed E-state index contributed by atoms with van der Waals surface area (Å²) in [5, 5.41) is 23.4. The maximum Gasteiger partial charge on any atom is 0.252 e. The van der Waals surface area contributed by atoms with E-state index in [1.807, 2.05) is 42.3 Å². The van der Waals surface area contributed by atoms with Gasteiger partial charge in [-0.05, 0) is 52.9 Å². The number of amides is 1. The van der Waals surface area contributed by atoms with Crippen LogP contribution in [0.4, 0.5) is 0 Å². The number of H-pyrrole nitrogens is 1. The molecule has 1 aliphatic heterocycles. The highest BCUT2D eigenvalue weighted by Crippen LogP contribution is 2.38. The van der Waals surface area contributed by atoms with Crippen LogP contribution in [0.15, 0.2) is 85.3 Å². The molecule has 7 rings (SSSR count). The van der Waals surface area contributed by atoms with Crippen molar-refractivity contribution >= 4 is 27.7 Å². The zero-order valence-corrected chi connectivity index (χ0v) is 21.5. The molecule has 1 atom stereocenters. The lowest BCUT2D eigenvalue weighted by atomic mass is 9.95. The number of aromatic amines is 1. The third-order valence-electron chi connectivity index (χ3n) is 7.56. The van der Waals surface area contributed by atoms with E-state index < -0.39 is 0 Å². The predicted octanol–water partition coefficient (Wildman–Crippen LogP) is 4.73. The zero-order chi connectivity index (χ0) is 26.5. The Balaban J connectivity index is 1.15. The van der Waals surface area contributed by atoms with E-state index in [2.05, 4.69) is 61.8 Å². The number of nitrogens with zero attached hydrogens (tertiary/aromatic N) is 3. The number of phenols is 1. The van der Waals surface area contributed by atoms with Gasteiger partial charge in [0.15, 0.2) is 0 Å². The normalized spacial score (nSPS) is 14.8. The molecule has 0 saturated heterocycles. The summed E-state index contributed by atoms with van der Waals surface area (Å²) in [5.41, 5.74) is 8.00. The number of aromatic hydroxyl groups is 1. The summed E-state index contributed by atoms with van der Waals surface area (Å²) in [6.45, 7) is 2.06. The van der Waals surface area contributed by atoms with Gasteiger partial charge in [-0.15, -0.1) is 0 Å². The number of fused-ring (bicyclic) bond motifs is 3. The molecular formula is C31H28N6O2. The number of para-hydroxylation sites is 1. The van der Waals surface area contributed by atoms with E-state index >= 15 is 0 Å². The second kappa shape index (κ2) is 9.18. The van der Waals surface area contributed by atoms with Crippen molar-refractivity contribution in [2.45, 2.75) is 25.7 Å². The van der Waals surface area contributed by atoms with Crippen LogP contribution in [0.3, 0.4) is 0 Å². The van der Waals surface area contributed by atoms with Gasteiger partial charge in [0.25, 0.3) is 5.91 Å². The van der Waals surface area contributed by atoms with Crippen LogP contribution in [0.5, 0.6) is 5.75 Å². The number of hydrogen-bond acceptors (Lipinski definition) is 4. The van der Waals surface area contributed by atoms with E-state index in [-0.39, 0.29) is 17.7 Å². The first-order valence-electron chi connectivity index (χ1n) is 13.0. The minimum absolute atomic E-state index is 0.123. The number of phenolic OH excluding ortho intramolecular Hbond substituents is 1. The Morgan fingerprint density at radius 3 is 2.79 bits per heavy atom. The first-order valence-corrected chi connectivity index (χ1v) is 13.0. The molecule has 6 aromatic rings. The fourth-order valence-electron chi connectivity index (χ4n) is 5.76. The highest BCUT2D eigenvalue weighted by Gasteiger charge is 2.33. The van der Waals surface area contributed by atoms with Crippen molar-refractivity contribution in [3.05, 3.63) is 119 Å². The van der Waals surface area contributed by atoms with Crippen molar-refractivity contribution in [1.82, 2.24) is 30.0 Å². The number of rotatable bonds is 7. The van der Waals surface area contributed by atoms with Gasteiger partial charge in [-0.3, -0.25) is 9.48 Å². The number of nitrogens with one attached hydrogen (secondary N) is 3. The van der Waals surface area contributed by atoms with E-state index in [0.717, 1.165) is 34.3 Å². The first-order chi connectivity index (χ1) is 19.0. The van der Waals surface area contributed by atoms with Crippen molar-refractivity contribution in [3.8, 4) is 5.75 Å². The third-order valence-corrected chi connectivity index (χ3v) is 7.56. The average molecular weight is 517 g/mol. The van der Waals surface area contributed by atoms with Gasteiger partial charge >= 0.3 is 0 Å². The molecule has 0 aliphatic carbocycles. The molecule has 0 radical (unpaired) electrons. The summed E-state index contributed by atoms with van der Waals surface area (Å²) < 4.78 is 4.08. The van der Waals surface area contributed by atoms with Gasteiger partial charge in [-0.1, -0.05) is 30.3 Å². The Bertz CT molecular complexity index is 1860. The Morgan fingerprint density at radius 2 is 1.92 bits per heavy atom. The summed E-state index contributed by atoms with van der Waals surface area (Å²) in [7, 11) is 1.93. The Labute approximate surface area is 224 Å². The molecule has 0 spiro atoms. The molecule has 0 saturated carbocycles. The molecule has 194 valence electrons. The quantitative estimate of drug-likeness (QED) is 0.246. The summed E-state index contributed by atoms with van der Waals surface area (Å²) in [6, 6.07) is 21.4. The van der Waals surface area contributed by atoms with Crippen LogP contribution >= 0.6 is 0 Å². The number of hydrogen-bond donors (Lipinski definition) is 4. The van der Waals surface area contributed by atoms with Crippen LogP contribution in [0, 0.1) is 0 Å². The van der Waals surface area contributed by atoms with Crippen LogP contribution in [-0.4, -0.2) is 30.3 Å². The molecule has 4 heterocycles. The number of carbonyl (C=O) groups excluding carboxylic acids is 1. The van der Waals surface area contributed by atoms with Crippen molar-refractivity contribution in [2.75, 3.05) is 0 Å². The van der Waals surface area contributed by atoms with Crippen LogP contribution in [0.1, 0.15) is 44.3 Å². The zero-order valence-electron chi connectivity index (χ0n) is 21.5. The minimum Gasteiger partial charge on any atom is -0.508 e. The fourth-order valence-corrected chi connectivity index (χ4v) is 5.76. The SMILES string of the molecule is Cn1cc(Cn2ccc3ccc(CNCc4[nH]c5ccccc5c4C4NC(=O)c5ccc(O)cc54)cc32)cn1. The van der Waals surface area contributed by atoms with Gasteiger partial charge < -0.3 is 25.3 Å². The van der Waals surface area contributed by atoms with E-state index in [4.69, 9.17) is 0 Å². The van der Waals surface area contributed by atoms with Gasteiger partial charge in [0.05, 0.1) is 18.8 Å². The Hall–Kier alpha value is -4.82. The molecule has 0 bridgehead atoms. The van der Waals surface area contributed by atoms with E-state index in [1.54, 1.807) is 18.2 Å². The molecule has 8 heteroatoms. The molecule has 8 nitrogen and oxygen atoms in total. The van der Waals surface area contributed by atoms with E-state index in [0.29, 0.717) is 18.7 Å². The van der Waals surface area contributed by atoms with Gasteiger partial charge in [0.2, 0.25) is 0 Å². The lowest BCUT2D eigenvalue weighted by Gasteiger charge is -2.15. The minimum atomic E-state index is -0.334. The molecular weight excluding hydrogens is 488 g/mol. The van der Waals surface area contributed by atoms with Gasteiger partial charge in [0.1, 0.15) is 5.75 Å². The number of aryl methyl sites for hydroxylation is 1. The van der Waals surface area contributed by atoms with Crippen molar-refractivity contribution in [1.29, 1.82) is 0 Å². The van der Waals surface area contributed by atoms with Crippen molar-refractivity contribution in [3.63, 3.8) is 0 Å². The van der Waals surface area contributed by atoms with Crippen LogP contribution in [0.2, 0.25) is 0 Å². The summed E-state index contributed by atoms with van der Waals surface area (Å²) in [4.78, 5) is 16.3. The second-order valence-corrected chi connectivity index (χ2v) is 10.2. The predicted molar refractivity (Wildman–Crippen MR) is 151 cm³/mol. The Kier molecular flexibility index (Phi) is 5.49. The Morgan fingerprint density at radius 1 is 1.03 bits per heavy atom. The summed E-state index contributed by atoms with van der Waals surface area (Å²) >= 11 is 0. The molecule has 3 aromatic carbocycles. The number of carbonyl (C=O) groups is 1. The van der Waals surface area contributed by atoms with Gasteiger partial charge in [-0.25, -0.2) is 0 Å². The van der Waals surface area contributed by atoms with Crippen LogP contribution in [-0.2, 0) is 26.7 Å². The summed E-state index contributed by atoms with van der Waals surface area (Å²) in [6.07, 6.45) is 6.07. The van der Waals surface area contributed by atoms with Gasteiger partial charge in [-0.2, -0.15) is 5.10 Å². The van der Waals surface area contributed by atoms with Crippen LogP contribution in [0.25, 0.3) is 21.8 Å². The topological polar surface area (TPSA) is 99.9 Å². The first kappa shape index (κ1) is 23.3. The lowest BCUT2D eigenvalue weighted by molar-refractivity contribution is 0.0960. The number of benzene rings is 3. The van der Waals surface area contributed by atoms with Gasteiger partial charge in [0, 0.05) is 71.3 Å². The molecule has 39 heavy (non-hydrogen) atoms. The highest BCUT2D eigenvalue weighted by atomic mass is 16.3. The molecule has 4 N–H and O–H groups in total. The van der Waals surface area contributed by atoms with E-state index in [9.17, 15) is 9.90 Å². The molecule has 1 amide bonds. The monoisotopic (exact) mass is 516 g/mol. The average Bonchev–Trinajstić information content (AvgIpc) is 3.69. The number of aromatic nitrogens is 4. The third kappa shape index (κ3) is 4.15. The smallest absolute Gasteiger partial charge is 0.252 e. The van der Waals surface area contributed by atoms with Crippen molar-refractivity contribution in [2.24, 2.45) is 7.05 Å². The largest absolute Gasteiger partial charge is 0.508 e. The highest BCUT2D eigenvalue weighted by molar-refractivity contribution is 6.01. The fraction of sp³-hybridized carbons (Fsp3) is 0.161. The standard InChI is InChI=1S/C31H28N6O2/c1-36-17-20(15-33-36)18-37-11-10-21-7-6-19(12-28(21)37)14-32-16-27-29(24-4-2-3-5-26(24)34-27)30-25-13-22(38)8-9-23(25)31(39)35-30/h2-13,15,17,30,32,34,38H,14,16,18H2,1H3,(H,35,39). The maximum atomic E-state index is 12.7. The molecule has 1 unspecified atom stereocenters. The van der Waals surface area contributed by atoms with Crippen LogP contribution < -0.4 is 10.6 Å². The second-order valence-electron chi connectivity index (χ2n) is 10.2. The van der Waals surface area contributed by atoms with E-state index in [1.165, 1.54) is 22.0 Å². The molecule has 3 aromatic heterocycles. The molecule has 1 aliphatic rings. The summed E-state index contributed by atoms with van der Waals surface area (Å²) in [5.74, 6) is 0.0280.